The first-order chi connectivity index (χ1) is 6.81. The van der Waals surface area contributed by atoms with Crippen molar-refractivity contribution in [3.05, 3.63) is 16.9 Å². The summed E-state index contributed by atoms with van der Waals surface area (Å²) in [4.78, 5) is 0. The summed E-state index contributed by atoms with van der Waals surface area (Å²) in [6.07, 6.45) is 0.765. The molecule has 1 N–H and O–H groups in total. The van der Waals surface area contributed by atoms with Crippen molar-refractivity contribution >= 4 is 11.6 Å². The van der Waals surface area contributed by atoms with Gasteiger partial charge in [-0.1, -0.05) is 11.6 Å². The number of hydrogen-bond acceptors (Lipinski definition) is 3. The highest BCUT2D eigenvalue weighted by Gasteiger charge is 2.19. The number of nitrogens with zero attached hydrogens (tertiary/aromatic N) is 2. The Kier molecular flexibility index (Phi) is 3.76. The highest BCUT2D eigenvalue weighted by Crippen LogP contribution is 2.23. The van der Waals surface area contributed by atoms with E-state index in [0.717, 1.165) is 0 Å². The van der Waals surface area contributed by atoms with Crippen LogP contribution in [0.2, 0.25) is 5.02 Å². The van der Waals surface area contributed by atoms with Crippen LogP contribution in [0, 0.1) is 0 Å². The molecule has 86 valence electrons. The predicted octanol–water partition coefficient (Wildman–Crippen LogP) is 1.92. The van der Waals surface area contributed by atoms with Crippen LogP contribution in [0.25, 0.3) is 0 Å². The molecule has 0 fully saturated rings. The number of hydrogen-bond donors (Lipinski definition) is 1. The lowest BCUT2D eigenvalue weighted by molar-refractivity contribution is -0.0515. The molecule has 1 atom stereocenters. The topological polar surface area (TPSA) is 47.3 Å². The van der Waals surface area contributed by atoms with Crippen molar-refractivity contribution in [3.63, 3.8) is 0 Å². The third-order valence-electron chi connectivity index (χ3n) is 1.93. The zero-order valence-electron chi connectivity index (χ0n) is 9.49. The molecule has 0 aliphatic heterocycles. The molecule has 1 aromatic heterocycles. The van der Waals surface area contributed by atoms with Gasteiger partial charge in [-0.15, -0.1) is 0 Å². The smallest absolute Gasteiger partial charge is 0.120 e. The molecular formula is C10H17ClN2O2. The molecule has 1 aromatic rings. The zero-order chi connectivity index (χ0) is 11.6. The van der Waals surface area contributed by atoms with E-state index >= 15 is 0 Å². The third kappa shape index (κ3) is 3.48. The second-order valence-corrected chi connectivity index (χ2v) is 4.85. The lowest BCUT2D eigenvalue weighted by Crippen LogP contribution is -2.23. The fourth-order valence-electron chi connectivity index (χ4n) is 1.20. The first-order valence-corrected chi connectivity index (χ1v) is 5.18. The minimum atomic E-state index is -0.746. The van der Waals surface area contributed by atoms with Crippen molar-refractivity contribution in [2.75, 3.05) is 6.61 Å². The fraction of sp³-hybridized carbons (Fsp3) is 0.700. The second kappa shape index (κ2) is 4.51. The van der Waals surface area contributed by atoms with Crippen molar-refractivity contribution < 1.29 is 9.84 Å². The molecule has 5 heteroatoms. The van der Waals surface area contributed by atoms with E-state index < -0.39 is 6.10 Å². The zero-order valence-corrected chi connectivity index (χ0v) is 10.2. The Bertz CT molecular complexity index is 311. The molecule has 0 amide bonds. The molecule has 0 radical (unpaired) electrons. The Hall–Kier alpha value is -0.580. The van der Waals surface area contributed by atoms with Gasteiger partial charge in [0.05, 0.1) is 29.1 Å². The van der Waals surface area contributed by atoms with Gasteiger partial charge in [0.25, 0.3) is 0 Å². The number of aryl methyl sites for hydroxylation is 1. The molecule has 0 saturated carbocycles. The maximum atomic E-state index is 9.86. The van der Waals surface area contributed by atoms with E-state index in [9.17, 15) is 5.11 Å². The van der Waals surface area contributed by atoms with E-state index in [0.29, 0.717) is 10.7 Å². The molecule has 0 saturated heterocycles. The van der Waals surface area contributed by atoms with Gasteiger partial charge in [-0.05, 0) is 20.8 Å². The van der Waals surface area contributed by atoms with Crippen molar-refractivity contribution in [1.82, 2.24) is 9.78 Å². The average Bonchev–Trinajstić information content (AvgIpc) is 2.41. The van der Waals surface area contributed by atoms with Crippen LogP contribution in [-0.2, 0) is 11.8 Å². The van der Waals surface area contributed by atoms with Crippen LogP contribution in [0.15, 0.2) is 6.20 Å². The van der Waals surface area contributed by atoms with Gasteiger partial charge in [-0.2, -0.15) is 5.10 Å². The van der Waals surface area contributed by atoms with Gasteiger partial charge in [0, 0.05) is 7.05 Å². The molecule has 1 heterocycles. The molecule has 15 heavy (non-hydrogen) atoms. The highest BCUT2D eigenvalue weighted by molar-refractivity contribution is 6.31. The average molecular weight is 233 g/mol. The minimum Gasteiger partial charge on any atom is -0.384 e. The summed E-state index contributed by atoms with van der Waals surface area (Å²) < 4.78 is 7.03. The Morgan fingerprint density at radius 2 is 2.20 bits per heavy atom. The summed E-state index contributed by atoms with van der Waals surface area (Å²) in [5.74, 6) is 0. The molecule has 0 aliphatic carbocycles. The monoisotopic (exact) mass is 232 g/mol. The van der Waals surface area contributed by atoms with Crippen LogP contribution >= 0.6 is 11.6 Å². The molecule has 1 rings (SSSR count). The molecule has 4 nitrogen and oxygen atoms in total. The fourth-order valence-corrected chi connectivity index (χ4v) is 1.49. The molecule has 1 unspecified atom stereocenters. The van der Waals surface area contributed by atoms with E-state index in [-0.39, 0.29) is 12.2 Å². The SMILES string of the molecule is Cn1ncc(Cl)c1C(O)COC(C)(C)C. The van der Waals surface area contributed by atoms with E-state index in [2.05, 4.69) is 5.10 Å². The Balaban J connectivity index is 2.65. The number of halogens is 1. The Labute approximate surface area is 94.8 Å². The maximum Gasteiger partial charge on any atom is 0.120 e. The van der Waals surface area contributed by atoms with Crippen LogP contribution in [0.3, 0.4) is 0 Å². The summed E-state index contributed by atoms with van der Waals surface area (Å²) >= 11 is 5.89. The first-order valence-electron chi connectivity index (χ1n) is 4.80. The van der Waals surface area contributed by atoms with Gasteiger partial charge in [0.2, 0.25) is 0 Å². The van der Waals surface area contributed by atoms with Crippen molar-refractivity contribution in [1.29, 1.82) is 0 Å². The minimum absolute atomic E-state index is 0.211. The normalized spacial score (nSPS) is 14.3. The summed E-state index contributed by atoms with van der Waals surface area (Å²) in [6.45, 7) is 6.02. The van der Waals surface area contributed by atoms with Gasteiger partial charge in [-0.3, -0.25) is 4.68 Å². The largest absolute Gasteiger partial charge is 0.384 e. The molecule has 0 spiro atoms. The Morgan fingerprint density at radius 1 is 1.60 bits per heavy atom. The number of rotatable bonds is 3. The molecule has 0 bridgehead atoms. The van der Waals surface area contributed by atoms with Crippen molar-refractivity contribution in [3.8, 4) is 0 Å². The highest BCUT2D eigenvalue weighted by atomic mass is 35.5. The van der Waals surface area contributed by atoms with Crippen LogP contribution in [0.1, 0.15) is 32.6 Å². The quantitative estimate of drug-likeness (QED) is 0.866. The summed E-state index contributed by atoms with van der Waals surface area (Å²) in [5, 5.41) is 14.3. The molecule has 0 aliphatic rings. The third-order valence-corrected chi connectivity index (χ3v) is 2.22. The van der Waals surface area contributed by atoms with Crippen LogP contribution in [0.5, 0.6) is 0 Å². The van der Waals surface area contributed by atoms with E-state index in [4.69, 9.17) is 16.3 Å². The standard InChI is InChI=1S/C10H17ClN2O2/c1-10(2,3)15-6-8(14)9-7(11)5-12-13(9)4/h5,8,14H,6H2,1-4H3. The van der Waals surface area contributed by atoms with E-state index in [1.54, 1.807) is 11.7 Å². The lowest BCUT2D eigenvalue weighted by atomic mass is 10.2. The van der Waals surface area contributed by atoms with Crippen LogP contribution < -0.4 is 0 Å². The van der Waals surface area contributed by atoms with Gasteiger partial charge in [-0.25, -0.2) is 0 Å². The van der Waals surface area contributed by atoms with Crippen molar-refractivity contribution in [2.45, 2.75) is 32.5 Å². The number of aliphatic hydroxyl groups is 1. The summed E-state index contributed by atoms with van der Waals surface area (Å²) in [6, 6.07) is 0. The van der Waals surface area contributed by atoms with E-state index in [1.165, 1.54) is 6.20 Å². The first kappa shape index (κ1) is 12.5. The predicted molar refractivity (Wildman–Crippen MR) is 58.9 cm³/mol. The van der Waals surface area contributed by atoms with Crippen molar-refractivity contribution in [2.24, 2.45) is 7.05 Å². The van der Waals surface area contributed by atoms with Gasteiger partial charge in [0.15, 0.2) is 0 Å². The van der Waals surface area contributed by atoms with Crippen LogP contribution in [-0.4, -0.2) is 27.1 Å². The summed E-state index contributed by atoms with van der Waals surface area (Å²) in [5.41, 5.74) is 0.312. The molecule has 0 aromatic carbocycles. The number of aliphatic hydroxyl groups excluding tert-OH is 1. The van der Waals surface area contributed by atoms with Gasteiger partial charge >= 0.3 is 0 Å². The summed E-state index contributed by atoms with van der Waals surface area (Å²) in [7, 11) is 1.74. The van der Waals surface area contributed by atoms with Crippen LogP contribution in [0.4, 0.5) is 0 Å². The maximum absolute atomic E-state index is 9.86. The van der Waals surface area contributed by atoms with Gasteiger partial charge < -0.3 is 9.84 Å². The van der Waals surface area contributed by atoms with E-state index in [1.807, 2.05) is 20.8 Å². The molecular weight excluding hydrogens is 216 g/mol. The van der Waals surface area contributed by atoms with Gasteiger partial charge in [0.1, 0.15) is 6.10 Å². The number of ether oxygens (including phenoxy) is 1. The number of aromatic nitrogens is 2. The second-order valence-electron chi connectivity index (χ2n) is 4.44. The Morgan fingerprint density at radius 3 is 2.60 bits per heavy atom. The lowest BCUT2D eigenvalue weighted by Gasteiger charge is -2.22.